The maximum atomic E-state index is 6.07. The Balaban J connectivity index is 1.37. The molecule has 4 rings (SSSR count). The fourth-order valence-electron chi connectivity index (χ4n) is 4.44. The van der Waals surface area contributed by atoms with Gasteiger partial charge in [0.2, 0.25) is 0 Å². The summed E-state index contributed by atoms with van der Waals surface area (Å²) < 4.78 is 0. The van der Waals surface area contributed by atoms with Crippen molar-refractivity contribution in [2.24, 2.45) is 0 Å². The van der Waals surface area contributed by atoms with Crippen LogP contribution in [0.3, 0.4) is 0 Å². The van der Waals surface area contributed by atoms with Crippen LogP contribution in [0, 0.1) is 0 Å². The van der Waals surface area contributed by atoms with Crippen LogP contribution < -0.4 is 10.8 Å². The summed E-state index contributed by atoms with van der Waals surface area (Å²) in [5, 5.41) is 4.49. The molecule has 1 aliphatic carbocycles. The smallest absolute Gasteiger partial charge is 0.169 e. The first-order valence-corrected chi connectivity index (χ1v) is 11.1. The van der Waals surface area contributed by atoms with Crippen molar-refractivity contribution in [2.75, 3.05) is 13.1 Å². The van der Waals surface area contributed by atoms with Crippen LogP contribution in [0.5, 0.6) is 0 Å². The van der Waals surface area contributed by atoms with E-state index in [9.17, 15) is 0 Å². The number of likely N-dealkylation sites (tertiary alicyclic amines) is 1. The van der Waals surface area contributed by atoms with E-state index < -0.39 is 0 Å². The third kappa shape index (κ3) is 4.20. The second kappa shape index (κ2) is 7.68. The van der Waals surface area contributed by atoms with Crippen molar-refractivity contribution in [2.45, 2.75) is 76.4 Å². The Kier molecular flexibility index (Phi) is 5.41. The first-order valence-electron chi connectivity index (χ1n) is 10.7. The van der Waals surface area contributed by atoms with E-state index in [1.54, 1.807) is 0 Å². The van der Waals surface area contributed by atoms with Gasteiger partial charge in [0.15, 0.2) is 5.11 Å². The van der Waals surface area contributed by atoms with E-state index in [0.717, 1.165) is 36.7 Å². The lowest BCUT2D eigenvalue weighted by Gasteiger charge is -2.38. The average molecular weight is 400 g/mol. The molecule has 0 bridgehead atoms. The van der Waals surface area contributed by atoms with Crippen LogP contribution in [-0.2, 0) is 10.3 Å². The molecule has 5 heteroatoms. The molecule has 0 atom stereocenters. The summed E-state index contributed by atoms with van der Waals surface area (Å²) in [4.78, 5) is 8.39. The highest BCUT2D eigenvalue weighted by atomic mass is 32.1. The van der Waals surface area contributed by atoms with Crippen molar-refractivity contribution >= 4 is 23.0 Å². The summed E-state index contributed by atoms with van der Waals surface area (Å²) in [5.41, 5.74) is 6.77. The molecule has 1 saturated carbocycles. The SMILES string of the molecule is CC(C)(C)c1ccc(C2=CC3(CCN(C(=S)NC4CCCC4)CC3)ON2)cc1. The number of hydroxylamine groups is 1. The van der Waals surface area contributed by atoms with Crippen LogP contribution in [0.25, 0.3) is 5.70 Å². The highest BCUT2D eigenvalue weighted by molar-refractivity contribution is 7.80. The molecule has 1 aromatic carbocycles. The molecule has 2 heterocycles. The summed E-state index contributed by atoms with van der Waals surface area (Å²) in [6, 6.07) is 9.40. The molecule has 3 aliphatic rings. The minimum atomic E-state index is -0.211. The Morgan fingerprint density at radius 2 is 1.79 bits per heavy atom. The Morgan fingerprint density at radius 3 is 2.39 bits per heavy atom. The zero-order chi connectivity index (χ0) is 19.8. The topological polar surface area (TPSA) is 36.5 Å². The molecule has 1 spiro atoms. The molecule has 152 valence electrons. The number of benzene rings is 1. The summed E-state index contributed by atoms with van der Waals surface area (Å²) in [6.07, 6.45) is 9.35. The predicted molar refractivity (Wildman–Crippen MR) is 119 cm³/mol. The molecule has 28 heavy (non-hydrogen) atoms. The molecule has 0 amide bonds. The van der Waals surface area contributed by atoms with E-state index in [1.807, 2.05) is 0 Å². The molecule has 4 nitrogen and oxygen atoms in total. The molecule has 0 radical (unpaired) electrons. The summed E-state index contributed by atoms with van der Waals surface area (Å²) >= 11 is 5.66. The van der Waals surface area contributed by atoms with Gasteiger partial charge in [0.25, 0.3) is 0 Å². The third-order valence-electron chi connectivity index (χ3n) is 6.41. The number of hydrogen-bond acceptors (Lipinski definition) is 3. The lowest BCUT2D eigenvalue weighted by atomic mass is 9.86. The van der Waals surface area contributed by atoms with Gasteiger partial charge >= 0.3 is 0 Å². The minimum absolute atomic E-state index is 0.172. The van der Waals surface area contributed by atoms with Gasteiger partial charge in [0.05, 0.1) is 5.70 Å². The van der Waals surface area contributed by atoms with Gasteiger partial charge in [0, 0.05) is 32.0 Å². The van der Waals surface area contributed by atoms with Gasteiger partial charge < -0.3 is 10.2 Å². The van der Waals surface area contributed by atoms with Crippen LogP contribution in [0.1, 0.15) is 70.4 Å². The van der Waals surface area contributed by atoms with Crippen LogP contribution in [-0.4, -0.2) is 34.7 Å². The molecule has 2 N–H and O–H groups in total. The molecular weight excluding hydrogens is 366 g/mol. The van der Waals surface area contributed by atoms with Crippen molar-refractivity contribution in [3.63, 3.8) is 0 Å². The van der Waals surface area contributed by atoms with Gasteiger partial charge in [-0.3, -0.25) is 10.3 Å². The molecule has 1 aromatic rings. The quantitative estimate of drug-likeness (QED) is 0.716. The number of nitrogens with zero attached hydrogens (tertiary/aromatic N) is 1. The summed E-state index contributed by atoms with van der Waals surface area (Å²) in [5.74, 6) is 0. The second-order valence-corrected chi connectivity index (χ2v) is 9.96. The van der Waals surface area contributed by atoms with E-state index >= 15 is 0 Å². The van der Waals surface area contributed by atoms with E-state index in [1.165, 1.54) is 36.8 Å². The highest BCUT2D eigenvalue weighted by Crippen LogP contribution is 2.35. The van der Waals surface area contributed by atoms with Crippen molar-refractivity contribution in [1.29, 1.82) is 0 Å². The van der Waals surface area contributed by atoms with Crippen molar-refractivity contribution in [1.82, 2.24) is 15.7 Å². The van der Waals surface area contributed by atoms with Crippen molar-refractivity contribution in [3.8, 4) is 0 Å². The Morgan fingerprint density at radius 1 is 1.14 bits per heavy atom. The Bertz CT molecular complexity index is 736. The molecular formula is C23H33N3OS. The highest BCUT2D eigenvalue weighted by Gasteiger charge is 2.39. The van der Waals surface area contributed by atoms with E-state index in [4.69, 9.17) is 17.1 Å². The van der Waals surface area contributed by atoms with Crippen LogP contribution in [0.2, 0.25) is 0 Å². The lowest BCUT2D eigenvalue weighted by molar-refractivity contribution is -0.0618. The lowest BCUT2D eigenvalue weighted by Crippen LogP contribution is -2.51. The number of rotatable bonds is 2. The average Bonchev–Trinajstić information content (AvgIpc) is 3.32. The van der Waals surface area contributed by atoms with Crippen molar-refractivity contribution < 1.29 is 4.84 Å². The molecule has 1 saturated heterocycles. The zero-order valence-electron chi connectivity index (χ0n) is 17.4. The van der Waals surface area contributed by atoms with Gasteiger partial charge in [-0.1, -0.05) is 57.9 Å². The van der Waals surface area contributed by atoms with Gasteiger partial charge in [-0.05, 0) is 47.7 Å². The van der Waals surface area contributed by atoms with E-state index in [2.05, 4.69) is 66.8 Å². The fourth-order valence-corrected chi connectivity index (χ4v) is 4.79. The van der Waals surface area contributed by atoms with Gasteiger partial charge in [-0.25, -0.2) is 0 Å². The Hall–Kier alpha value is -1.59. The van der Waals surface area contributed by atoms with Gasteiger partial charge in [0.1, 0.15) is 5.60 Å². The fraction of sp³-hybridized carbons (Fsp3) is 0.609. The summed E-state index contributed by atoms with van der Waals surface area (Å²) in [7, 11) is 0. The number of nitrogens with one attached hydrogen (secondary N) is 2. The molecule has 0 unspecified atom stereocenters. The molecule has 2 fully saturated rings. The van der Waals surface area contributed by atoms with Crippen LogP contribution >= 0.6 is 12.2 Å². The number of piperidine rings is 1. The predicted octanol–water partition coefficient (Wildman–Crippen LogP) is 4.51. The molecule has 0 aromatic heterocycles. The third-order valence-corrected chi connectivity index (χ3v) is 6.79. The van der Waals surface area contributed by atoms with Crippen LogP contribution in [0.15, 0.2) is 30.3 Å². The maximum absolute atomic E-state index is 6.07. The monoisotopic (exact) mass is 399 g/mol. The second-order valence-electron chi connectivity index (χ2n) is 9.57. The Labute approximate surface area is 174 Å². The van der Waals surface area contributed by atoms with Crippen LogP contribution in [0.4, 0.5) is 0 Å². The van der Waals surface area contributed by atoms with E-state index in [-0.39, 0.29) is 11.0 Å². The van der Waals surface area contributed by atoms with Crippen molar-refractivity contribution in [3.05, 3.63) is 41.5 Å². The maximum Gasteiger partial charge on any atom is 0.169 e. The van der Waals surface area contributed by atoms with Gasteiger partial charge in [-0.2, -0.15) is 0 Å². The number of thiocarbonyl (C=S) groups is 1. The normalized spacial score (nSPS) is 22.2. The summed E-state index contributed by atoms with van der Waals surface area (Å²) in [6.45, 7) is 8.60. The number of hydrogen-bond donors (Lipinski definition) is 2. The first-order chi connectivity index (χ1) is 13.3. The minimum Gasteiger partial charge on any atom is -0.360 e. The largest absolute Gasteiger partial charge is 0.360 e. The first kappa shape index (κ1) is 19.7. The van der Waals surface area contributed by atoms with E-state index in [0.29, 0.717) is 6.04 Å². The molecule has 2 aliphatic heterocycles. The van der Waals surface area contributed by atoms with Gasteiger partial charge in [-0.15, -0.1) is 0 Å². The zero-order valence-corrected chi connectivity index (χ0v) is 18.2. The standard InChI is InChI=1S/C23H33N3OS/c1-22(2,3)18-10-8-17(9-11-18)20-16-23(27-25-20)12-14-26(15-13-23)21(28)24-19-6-4-5-7-19/h8-11,16,19,25H,4-7,12-15H2,1-3H3,(H,24,28).